The Bertz CT molecular complexity index is 1090. The minimum Gasteiger partial charge on any atom is -0.444 e. The van der Waals surface area contributed by atoms with Gasteiger partial charge in [0, 0.05) is 45.0 Å². The molecular formula is C26H34N4O4. The Kier molecular flexibility index (Phi) is 6.18. The Hall–Kier alpha value is -3.29. The normalized spacial score (nSPS) is 16.4. The lowest BCUT2D eigenvalue weighted by atomic mass is 9.72. The van der Waals surface area contributed by atoms with E-state index in [9.17, 15) is 14.4 Å². The van der Waals surface area contributed by atoms with Crippen LogP contribution in [0.4, 0.5) is 10.5 Å². The van der Waals surface area contributed by atoms with E-state index in [4.69, 9.17) is 4.74 Å². The standard InChI is InChI=1S/C26H34N4O4/c1-18(31)27-20-9-7-19(8-10-20)17-28(5)23(32)21-11-12-22-26(13-6-14-26)30(16-15-29(21)22)24(33)34-25(2,3)4/h7-12H,6,13-17H2,1-5H3,(H,27,31). The average Bonchev–Trinajstić information content (AvgIpc) is 3.15. The van der Waals surface area contributed by atoms with Crippen molar-refractivity contribution in [3.8, 4) is 0 Å². The number of aromatic nitrogens is 1. The first-order valence-electron chi connectivity index (χ1n) is 11.8. The van der Waals surface area contributed by atoms with Crippen LogP contribution in [0, 0.1) is 0 Å². The second kappa shape index (κ2) is 8.81. The van der Waals surface area contributed by atoms with Crippen LogP contribution in [0.3, 0.4) is 0 Å². The number of ether oxygens (including phenoxy) is 1. The maximum Gasteiger partial charge on any atom is 0.411 e. The van der Waals surface area contributed by atoms with Gasteiger partial charge in [-0.3, -0.25) is 14.5 Å². The Morgan fingerprint density at radius 2 is 1.74 bits per heavy atom. The van der Waals surface area contributed by atoms with E-state index in [0.717, 1.165) is 36.2 Å². The Labute approximate surface area is 200 Å². The zero-order valence-electron chi connectivity index (χ0n) is 20.7. The molecular weight excluding hydrogens is 432 g/mol. The summed E-state index contributed by atoms with van der Waals surface area (Å²) in [7, 11) is 1.79. The fourth-order valence-electron chi connectivity index (χ4n) is 4.91. The number of fused-ring (bicyclic) bond motifs is 2. The van der Waals surface area contributed by atoms with Gasteiger partial charge < -0.3 is 19.5 Å². The van der Waals surface area contributed by atoms with Crippen LogP contribution in [0.25, 0.3) is 0 Å². The van der Waals surface area contributed by atoms with Crippen molar-refractivity contribution in [2.45, 2.75) is 71.2 Å². The number of hydrogen-bond donors (Lipinski definition) is 1. The number of nitrogens with one attached hydrogen (secondary N) is 1. The van der Waals surface area contributed by atoms with Crippen molar-refractivity contribution in [2.75, 3.05) is 18.9 Å². The molecule has 182 valence electrons. The lowest BCUT2D eigenvalue weighted by Crippen LogP contribution is -2.59. The Balaban J connectivity index is 1.51. The maximum absolute atomic E-state index is 13.4. The summed E-state index contributed by atoms with van der Waals surface area (Å²) in [6.07, 6.45) is 2.51. The molecule has 0 unspecified atom stereocenters. The third-order valence-corrected chi connectivity index (χ3v) is 6.58. The summed E-state index contributed by atoms with van der Waals surface area (Å²) < 4.78 is 7.77. The molecule has 3 amide bonds. The molecule has 34 heavy (non-hydrogen) atoms. The van der Waals surface area contributed by atoms with Crippen molar-refractivity contribution in [3.05, 3.63) is 53.3 Å². The van der Waals surface area contributed by atoms with Gasteiger partial charge in [0.15, 0.2) is 0 Å². The van der Waals surface area contributed by atoms with E-state index < -0.39 is 11.1 Å². The molecule has 1 saturated carbocycles. The average molecular weight is 467 g/mol. The number of amides is 3. The van der Waals surface area contributed by atoms with Gasteiger partial charge in [-0.25, -0.2) is 4.79 Å². The number of nitrogens with zero attached hydrogens (tertiary/aromatic N) is 3. The Morgan fingerprint density at radius 3 is 2.29 bits per heavy atom. The van der Waals surface area contributed by atoms with Crippen LogP contribution in [0.15, 0.2) is 36.4 Å². The lowest BCUT2D eigenvalue weighted by Gasteiger charge is -2.53. The van der Waals surface area contributed by atoms with Crippen LogP contribution < -0.4 is 5.32 Å². The molecule has 1 aliphatic carbocycles. The first-order chi connectivity index (χ1) is 16.0. The SMILES string of the molecule is CC(=O)Nc1ccc(CN(C)C(=O)c2ccc3n2CCN(C(=O)OC(C)(C)C)C32CCC2)cc1. The number of hydrogen-bond acceptors (Lipinski definition) is 4. The molecule has 1 spiro atoms. The van der Waals surface area contributed by atoms with E-state index in [1.165, 1.54) is 6.92 Å². The van der Waals surface area contributed by atoms with Crippen LogP contribution in [-0.4, -0.2) is 51.5 Å². The molecule has 1 aromatic heterocycles. The van der Waals surface area contributed by atoms with Crippen molar-refractivity contribution < 1.29 is 19.1 Å². The number of carbonyl (C=O) groups excluding carboxylic acids is 3. The largest absolute Gasteiger partial charge is 0.444 e. The number of carbonyl (C=O) groups is 3. The number of rotatable bonds is 4. The molecule has 2 aromatic rings. The van der Waals surface area contributed by atoms with Crippen molar-refractivity contribution in [3.63, 3.8) is 0 Å². The highest BCUT2D eigenvalue weighted by Gasteiger charge is 2.51. The third kappa shape index (κ3) is 4.54. The zero-order chi connectivity index (χ0) is 24.7. The first kappa shape index (κ1) is 23.9. The van der Waals surface area contributed by atoms with Gasteiger partial charge >= 0.3 is 6.09 Å². The van der Waals surface area contributed by atoms with Gasteiger partial charge in [-0.15, -0.1) is 0 Å². The van der Waals surface area contributed by atoms with Gasteiger partial charge in [-0.05, 0) is 69.9 Å². The van der Waals surface area contributed by atoms with E-state index in [1.54, 1.807) is 11.9 Å². The molecule has 1 fully saturated rings. The van der Waals surface area contributed by atoms with E-state index in [0.29, 0.717) is 25.3 Å². The summed E-state index contributed by atoms with van der Waals surface area (Å²) in [5, 5.41) is 2.75. The molecule has 2 heterocycles. The van der Waals surface area contributed by atoms with Gasteiger partial charge in [0.1, 0.15) is 11.3 Å². The molecule has 2 aliphatic rings. The van der Waals surface area contributed by atoms with Crippen molar-refractivity contribution in [1.29, 1.82) is 0 Å². The van der Waals surface area contributed by atoms with Crippen LogP contribution in [-0.2, 0) is 28.2 Å². The van der Waals surface area contributed by atoms with E-state index in [-0.39, 0.29) is 17.9 Å². The second-order valence-corrected chi connectivity index (χ2v) is 10.3. The summed E-state index contributed by atoms with van der Waals surface area (Å²) >= 11 is 0. The molecule has 0 bridgehead atoms. The van der Waals surface area contributed by atoms with E-state index in [1.807, 2.05) is 62.1 Å². The number of anilines is 1. The minimum absolute atomic E-state index is 0.0580. The van der Waals surface area contributed by atoms with Crippen LogP contribution in [0.5, 0.6) is 0 Å². The van der Waals surface area contributed by atoms with Crippen LogP contribution in [0.1, 0.15) is 68.7 Å². The molecule has 8 nitrogen and oxygen atoms in total. The second-order valence-electron chi connectivity index (χ2n) is 10.3. The van der Waals surface area contributed by atoms with Crippen molar-refractivity contribution >= 4 is 23.6 Å². The molecule has 0 atom stereocenters. The first-order valence-corrected chi connectivity index (χ1v) is 11.8. The van der Waals surface area contributed by atoms with E-state index in [2.05, 4.69) is 9.88 Å². The predicted molar refractivity (Wildman–Crippen MR) is 129 cm³/mol. The quantitative estimate of drug-likeness (QED) is 0.726. The predicted octanol–water partition coefficient (Wildman–Crippen LogP) is 4.35. The molecule has 4 rings (SSSR count). The highest BCUT2D eigenvalue weighted by atomic mass is 16.6. The van der Waals surface area contributed by atoms with Gasteiger partial charge in [-0.1, -0.05) is 12.1 Å². The summed E-state index contributed by atoms with van der Waals surface area (Å²) in [4.78, 5) is 41.1. The van der Waals surface area contributed by atoms with Gasteiger partial charge in [0.2, 0.25) is 5.91 Å². The fourth-order valence-corrected chi connectivity index (χ4v) is 4.91. The molecule has 1 aliphatic heterocycles. The van der Waals surface area contributed by atoms with Gasteiger partial charge in [-0.2, -0.15) is 0 Å². The minimum atomic E-state index is -0.550. The zero-order valence-corrected chi connectivity index (χ0v) is 20.7. The summed E-state index contributed by atoms with van der Waals surface area (Å²) in [6, 6.07) is 11.4. The van der Waals surface area contributed by atoms with Gasteiger partial charge in [0.05, 0.1) is 5.54 Å². The highest BCUT2D eigenvalue weighted by Crippen LogP contribution is 2.49. The number of benzene rings is 1. The molecule has 0 saturated heterocycles. The summed E-state index contributed by atoms with van der Waals surface area (Å²) in [5.41, 5.74) is 2.42. The lowest BCUT2D eigenvalue weighted by molar-refractivity contribution is -0.114. The van der Waals surface area contributed by atoms with E-state index >= 15 is 0 Å². The Morgan fingerprint density at radius 1 is 1.06 bits per heavy atom. The smallest absolute Gasteiger partial charge is 0.411 e. The molecule has 0 radical (unpaired) electrons. The third-order valence-electron chi connectivity index (χ3n) is 6.58. The maximum atomic E-state index is 13.4. The van der Waals surface area contributed by atoms with Gasteiger partial charge in [0.25, 0.3) is 5.91 Å². The van der Waals surface area contributed by atoms with Crippen LogP contribution >= 0.6 is 0 Å². The highest BCUT2D eigenvalue weighted by molar-refractivity contribution is 5.93. The summed E-state index contributed by atoms with van der Waals surface area (Å²) in [6.45, 7) is 8.64. The molecule has 8 heteroatoms. The topological polar surface area (TPSA) is 83.9 Å². The van der Waals surface area contributed by atoms with Crippen LogP contribution in [0.2, 0.25) is 0 Å². The van der Waals surface area contributed by atoms with Crippen molar-refractivity contribution in [2.24, 2.45) is 0 Å². The van der Waals surface area contributed by atoms with Crippen molar-refractivity contribution in [1.82, 2.24) is 14.4 Å². The fraction of sp³-hybridized carbons (Fsp3) is 0.500. The summed E-state index contributed by atoms with van der Waals surface area (Å²) in [5.74, 6) is -0.176. The molecule has 1 aromatic carbocycles. The molecule has 1 N–H and O–H groups in total. The monoisotopic (exact) mass is 466 g/mol.